The number of nitriles is 1. The number of fused-ring (bicyclic) bond motifs is 3. The first-order chi connectivity index (χ1) is 24.0. The van der Waals surface area contributed by atoms with Crippen LogP contribution in [0.15, 0.2) is 65.8 Å². The molecule has 0 saturated carbocycles. The SMILES string of the molecule is COc1cc2c(cc1PC(C)(C)CC(C)(C)N1CCN(C(=O)c3nc(-c4ccc(C#N)cc4)n4ccccc34)CC1)N=CC1CCCN1C2=O. The molecule has 0 aliphatic carbocycles. The average Bonchev–Trinajstić information content (AvgIpc) is 3.72. The van der Waals surface area contributed by atoms with Crippen LogP contribution in [0.25, 0.3) is 16.9 Å². The molecule has 2 amide bonds. The number of ether oxygens (including phenoxy) is 1. The molecule has 2 unspecified atom stereocenters. The Hall–Kier alpha value is -4.58. The van der Waals surface area contributed by atoms with Gasteiger partial charge in [0.15, 0.2) is 5.69 Å². The van der Waals surface area contributed by atoms with Gasteiger partial charge in [-0.3, -0.25) is 23.9 Å². The minimum Gasteiger partial charge on any atom is -0.496 e. The molecule has 2 aromatic heterocycles. The minimum absolute atomic E-state index is 0.0408. The van der Waals surface area contributed by atoms with Crippen molar-refractivity contribution < 1.29 is 14.3 Å². The number of nitrogens with zero attached hydrogens (tertiary/aromatic N) is 7. The van der Waals surface area contributed by atoms with Gasteiger partial charge in [0, 0.05) is 61.5 Å². The lowest BCUT2D eigenvalue weighted by Gasteiger charge is -2.47. The summed E-state index contributed by atoms with van der Waals surface area (Å²) in [6.45, 7) is 12.7. The van der Waals surface area contributed by atoms with E-state index in [-0.39, 0.29) is 28.6 Å². The molecule has 0 spiro atoms. The van der Waals surface area contributed by atoms with Gasteiger partial charge in [-0.15, -0.1) is 0 Å². The van der Waals surface area contributed by atoms with Crippen molar-refractivity contribution in [3.8, 4) is 23.2 Å². The van der Waals surface area contributed by atoms with Crippen LogP contribution in [0.5, 0.6) is 5.75 Å². The van der Waals surface area contributed by atoms with Crippen molar-refractivity contribution in [1.82, 2.24) is 24.1 Å². The number of carbonyl (C=O) groups excluding carboxylic acids is 2. The number of pyridine rings is 1. The van der Waals surface area contributed by atoms with Crippen molar-refractivity contribution in [3.63, 3.8) is 0 Å². The standard InChI is InChI=1S/C39H44N7O3P/c1-38(2,25-39(3,4)50-33-22-30-29(21-32(33)49-5)36(47)45-16-8-9-28(45)24-41-30)44-19-17-43(18-20-44)37(48)34-31-10-6-7-15-46(31)35(42-34)27-13-11-26(23-40)12-14-27/h6-7,10-15,21-22,24,28,50H,8-9,16-20,25H2,1-5H3. The third-order valence-electron chi connectivity index (χ3n) is 10.3. The first-order valence-electron chi connectivity index (χ1n) is 17.4. The maximum Gasteiger partial charge on any atom is 0.274 e. The monoisotopic (exact) mass is 689 g/mol. The molecule has 3 aliphatic rings. The fraction of sp³-hybridized carbons (Fsp3) is 0.410. The van der Waals surface area contributed by atoms with Gasteiger partial charge < -0.3 is 14.5 Å². The fourth-order valence-electron chi connectivity index (χ4n) is 7.99. The second-order valence-corrected chi connectivity index (χ2v) is 16.9. The molecule has 4 aromatic rings. The van der Waals surface area contributed by atoms with Crippen molar-refractivity contribution >= 4 is 43.1 Å². The molecular weight excluding hydrogens is 645 g/mol. The van der Waals surface area contributed by atoms with Gasteiger partial charge in [-0.05, 0) is 86.8 Å². The largest absolute Gasteiger partial charge is 0.496 e. The molecular formula is C39H44N7O3P. The highest BCUT2D eigenvalue weighted by molar-refractivity contribution is 7.49. The first-order valence-corrected chi connectivity index (χ1v) is 18.4. The maximum atomic E-state index is 14.0. The fourth-order valence-corrected chi connectivity index (χ4v) is 9.75. The van der Waals surface area contributed by atoms with Crippen LogP contribution in [0.4, 0.5) is 5.69 Å². The van der Waals surface area contributed by atoms with Crippen molar-refractivity contribution in [2.24, 2.45) is 4.99 Å². The summed E-state index contributed by atoms with van der Waals surface area (Å²) in [7, 11) is 2.13. The molecule has 0 N–H and O–H groups in total. The molecule has 2 aromatic carbocycles. The van der Waals surface area contributed by atoms with Gasteiger partial charge in [0.05, 0.1) is 41.6 Å². The molecule has 11 heteroatoms. The van der Waals surface area contributed by atoms with E-state index in [4.69, 9.17) is 14.7 Å². The summed E-state index contributed by atoms with van der Waals surface area (Å²) in [6.07, 6.45) is 6.77. The van der Waals surface area contributed by atoms with Gasteiger partial charge in [0.25, 0.3) is 11.8 Å². The molecule has 0 radical (unpaired) electrons. The van der Waals surface area contributed by atoms with Crippen LogP contribution in [0.1, 0.15) is 73.4 Å². The van der Waals surface area contributed by atoms with Gasteiger partial charge in [-0.1, -0.05) is 28.5 Å². The second-order valence-electron chi connectivity index (χ2n) is 14.8. The number of hydrogen-bond donors (Lipinski definition) is 0. The summed E-state index contributed by atoms with van der Waals surface area (Å²) in [5.41, 5.74) is 3.88. The van der Waals surface area contributed by atoms with Crippen molar-refractivity contribution in [1.29, 1.82) is 5.26 Å². The lowest BCUT2D eigenvalue weighted by Crippen LogP contribution is -2.57. The summed E-state index contributed by atoms with van der Waals surface area (Å²) in [4.78, 5) is 43.3. The Morgan fingerprint density at radius 3 is 2.52 bits per heavy atom. The zero-order valence-corrected chi connectivity index (χ0v) is 30.4. The number of rotatable bonds is 8. The van der Waals surface area contributed by atoms with E-state index in [2.05, 4.69) is 44.7 Å². The van der Waals surface area contributed by atoms with Gasteiger partial charge in [-0.25, -0.2) is 4.98 Å². The van der Waals surface area contributed by atoms with Crippen LogP contribution < -0.4 is 10.0 Å². The van der Waals surface area contributed by atoms with Crippen LogP contribution >= 0.6 is 8.58 Å². The predicted octanol–water partition coefficient (Wildman–Crippen LogP) is 5.91. The highest BCUT2D eigenvalue weighted by Gasteiger charge is 2.38. The molecule has 258 valence electrons. The summed E-state index contributed by atoms with van der Waals surface area (Å²) >= 11 is 0. The van der Waals surface area contributed by atoms with Crippen molar-refractivity contribution in [3.05, 3.63) is 77.6 Å². The van der Waals surface area contributed by atoms with E-state index in [1.54, 1.807) is 19.2 Å². The topological polar surface area (TPSA) is 107 Å². The number of carbonyl (C=O) groups is 2. The average molecular weight is 690 g/mol. The number of benzene rings is 2. The summed E-state index contributed by atoms with van der Waals surface area (Å²) in [6, 6.07) is 19.3. The number of aromatic nitrogens is 2. The molecule has 2 atom stereocenters. The summed E-state index contributed by atoms with van der Waals surface area (Å²) in [5.74, 6) is 1.40. The highest BCUT2D eigenvalue weighted by atomic mass is 31.1. The van der Waals surface area contributed by atoms with E-state index in [1.807, 2.05) is 63.0 Å². The Labute approximate surface area is 295 Å². The molecule has 50 heavy (non-hydrogen) atoms. The third kappa shape index (κ3) is 6.41. The Balaban J connectivity index is 1.03. The van der Waals surface area contributed by atoms with E-state index in [1.165, 1.54) is 0 Å². The zero-order valence-electron chi connectivity index (χ0n) is 29.4. The number of piperazine rings is 1. The van der Waals surface area contributed by atoms with Gasteiger partial charge >= 0.3 is 0 Å². The maximum absolute atomic E-state index is 14.0. The Bertz CT molecular complexity index is 2020. The number of imidazole rings is 1. The van der Waals surface area contributed by atoms with Crippen LogP contribution in [0.2, 0.25) is 0 Å². The molecule has 10 nitrogen and oxygen atoms in total. The van der Waals surface area contributed by atoms with E-state index in [0.29, 0.717) is 44.3 Å². The van der Waals surface area contributed by atoms with E-state index in [0.717, 1.165) is 66.7 Å². The Morgan fingerprint density at radius 2 is 1.80 bits per heavy atom. The third-order valence-corrected chi connectivity index (χ3v) is 11.8. The first kappa shape index (κ1) is 33.9. The molecule has 3 aliphatic heterocycles. The second kappa shape index (κ2) is 13.3. The van der Waals surface area contributed by atoms with Crippen molar-refractivity contribution in [2.45, 2.75) is 63.7 Å². The molecule has 5 heterocycles. The normalized spacial score (nSPS) is 18.4. The molecule has 7 rings (SSSR count). The summed E-state index contributed by atoms with van der Waals surface area (Å²) in [5, 5.41) is 10.2. The van der Waals surface area contributed by atoms with Crippen molar-refractivity contribution in [2.75, 3.05) is 39.8 Å². The Kier molecular flexibility index (Phi) is 9.00. The molecule has 0 bridgehead atoms. The Morgan fingerprint density at radius 1 is 1.04 bits per heavy atom. The van der Waals surface area contributed by atoms with E-state index < -0.39 is 0 Å². The van der Waals surface area contributed by atoms with Gasteiger partial charge in [0.1, 0.15) is 11.6 Å². The van der Waals surface area contributed by atoms with Gasteiger partial charge in [-0.2, -0.15) is 5.26 Å². The minimum atomic E-state index is -0.118. The van der Waals surface area contributed by atoms with E-state index >= 15 is 0 Å². The number of hydrogen-bond acceptors (Lipinski definition) is 7. The van der Waals surface area contributed by atoms with Crippen LogP contribution in [0, 0.1) is 11.3 Å². The van der Waals surface area contributed by atoms with Crippen LogP contribution in [-0.2, 0) is 0 Å². The number of amides is 2. The van der Waals surface area contributed by atoms with Gasteiger partial charge in [0.2, 0.25) is 0 Å². The number of aliphatic imine (C=N–C) groups is 1. The summed E-state index contributed by atoms with van der Waals surface area (Å²) < 4.78 is 7.80. The zero-order chi connectivity index (χ0) is 35.2. The lowest BCUT2D eigenvalue weighted by atomic mass is 9.89. The van der Waals surface area contributed by atoms with E-state index in [9.17, 15) is 14.9 Å². The molecule has 2 fully saturated rings. The smallest absolute Gasteiger partial charge is 0.274 e. The van der Waals surface area contributed by atoms with Crippen LogP contribution in [-0.4, -0.2) is 98.7 Å². The highest BCUT2D eigenvalue weighted by Crippen LogP contribution is 2.43. The predicted molar refractivity (Wildman–Crippen MR) is 199 cm³/mol. The quantitative estimate of drug-likeness (QED) is 0.213. The number of methoxy groups -OCH3 is 1. The molecule has 2 saturated heterocycles. The van der Waals surface area contributed by atoms with Crippen LogP contribution in [0.3, 0.4) is 0 Å². The lowest BCUT2D eigenvalue weighted by molar-refractivity contribution is 0.0346.